The lowest BCUT2D eigenvalue weighted by Gasteiger charge is -2.11. The van der Waals surface area contributed by atoms with Crippen molar-refractivity contribution in [1.82, 2.24) is 0 Å². The van der Waals surface area contributed by atoms with Gasteiger partial charge < -0.3 is 0 Å². The Hall–Kier alpha value is 1.18. The molecule has 0 aliphatic carbocycles. The average Bonchev–Trinajstić information content (AvgIpc) is 2.37. The topological polar surface area (TPSA) is 0 Å². The summed E-state index contributed by atoms with van der Waals surface area (Å²) < 4.78 is 0. The Bertz CT molecular complexity index is 108. The summed E-state index contributed by atoms with van der Waals surface area (Å²) in [5.74, 6) is 4.99. The van der Waals surface area contributed by atoms with Crippen LogP contribution in [0.25, 0.3) is 0 Å². The van der Waals surface area contributed by atoms with Gasteiger partial charge in [0.05, 0.1) is 0 Å². The average molecular weight is 255 g/mol. The second kappa shape index (κ2) is 5.76. The zero-order valence-corrected chi connectivity index (χ0v) is 10.1. The maximum absolute atomic E-state index is 3.73. The fourth-order valence-electron chi connectivity index (χ4n) is 1.33. The van der Waals surface area contributed by atoms with E-state index < -0.39 is 0 Å². The molecule has 0 aromatic rings. The van der Waals surface area contributed by atoms with Crippen LogP contribution in [0.2, 0.25) is 0 Å². The van der Waals surface area contributed by atoms with Gasteiger partial charge in [0.25, 0.3) is 0 Å². The van der Waals surface area contributed by atoms with Crippen LogP contribution < -0.4 is 0 Å². The summed E-state index contributed by atoms with van der Waals surface area (Å²) in [5.41, 5.74) is 0. The van der Waals surface area contributed by atoms with E-state index in [0.717, 1.165) is 10.7 Å². The lowest BCUT2D eigenvalue weighted by atomic mass is 10.0. The molecule has 3 heteroatoms. The summed E-state index contributed by atoms with van der Waals surface area (Å²) in [7, 11) is 0. The summed E-state index contributed by atoms with van der Waals surface area (Å²) in [5, 5.41) is 0. The molecule has 0 aromatic heterocycles. The molecule has 0 bridgehead atoms. The van der Waals surface area contributed by atoms with Crippen molar-refractivity contribution in [2.24, 2.45) is 5.92 Å². The third-order valence-electron chi connectivity index (χ3n) is 2.04. The van der Waals surface area contributed by atoms with Gasteiger partial charge in [0, 0.05) is 10.6 Å². The number of thioether (sulfide) groups is 2. The van der Waals surface area contributed by atoms with Crippen LogP contribution in [0.1, 0.15) is 12.8 Å². The van der Waals surface area contributed by atoms with Gasteiger partial charge in [-0.25, -0.2) is 0 Å². The first-order valence-corrected chi connectivity index (χ1v) is 7.51. The highest BCUT2D eigenvalue weighted by Gasteiger charge is 2.24. The molecule has 0 aromatic carbocycles. The van der Waals surface area contributed by atoms with Crippen LogP contribution in [0.3, 0.4) is 0 Å². The van der Waals surface area contributed by atoms with Gasteiger partial charge in [0.1, 0.15) is 0 Å². The first kappa shape index (κ1) is 10.3. The highest BCUT2D eigenvalue weighted by molar-refractivity contribution is 9.09. The SMILES string of the molecule is CSCCCC1CSCC1Br. The van der Waals surface area contributed by atoms with E-state index in [9.17, 15) is 0 Å². The summed E-state index contributed by atoms with van der Waals surface area (Å²) >= 11 is 7.79. The van der Waals surface area contributed by atoms with Crippen LogP contribution in [-0.2, 0) is 0 Å². The fourth-order valence-corrected chi connectivity index (χ4v) is 4.38. The molecule has 2 atom stereocenters. The standard InChI is InChI=1S/C8H15BrS2/c1-10-4-2-3-7-5-11-6-8(7)9/h7-8H,2-6H2,1H3. The molecule has 0 spiro atoms. The molecule has 2 unspecified atom stereocenters. The molecule has 1 aliphatic rings. The Morgan fingerprint density at radius 3 is 2.91 bits per heavy atom. The minimum Gasteiger partial charge on any atom is -0.165 e. The van der Waals surface area contributed by atoms with Crippen LogP contribution in [0.5, 0.6) is 0 Å². The Labute approximate surface area is 86.4 Å². The second-order valence-corrected chi connectivity index (χ2v) is 6.19. The van der Waals surface area contributed by atoms with Crippen molar-refractivity contribution in [3.63, 3.8) is 0 Å². The van der Waals surface area contributed by atoms with E-state index in [2.05, 4.69) is 33.9 Å². The first-order valence-electron chi connectivity index (χ1n) is 4.05. The monoisotopic (exact) mass is 254 g/mol. The summed E-state index contributed by atoms with van der Waals surface area (Å²) in [6.07, 6.45) is 5.01. The number of rotatable bonds is 4. The van der Waals surface area contributed by atoms with Gasteiger partial charge in [-0.3, -0.25) is 0 Å². The van der Waals surface area contributed by atoms with Gasteiger partial charge in [0.15, 0.2) is 0 Å². The molecule has 1 heterocycles. The molecule has 0 amide bonds. The third-order valence-corrected chi connectivity index (χ3v) is 5.50. The van der Waals surface area contributed by atoms with E-state index in [1.54, 1.807) is 0 Å². The van der Waals surface area contributed by atoms with E-state index in [1.165, 1.54) is 30.1 Å². The van der Waals surface area contributed by atoms with Crippen molar-refractivity contribution in [3.05, 3.63) is 0 Å². The molecule has 1 fully saturated rings. The zero-order valence-electron chi connectivity index (χ0n) is 6.88. The van der Waals surface area contributed by atoms with Crippen LogP contribution in [0.4, 0.5) is 0 Å². The number of halogens is 1. The van der Waals surface area contributed by atoms with Gasteiger partial charge in [0.2, 0.25) is 0 Å². The van der Waals surface area contributed by atoms with Crippen LogP contribution in [-0.4, -0.2) is 28.3 Å². The number of hydrogen-bond donors (Lipinski definition) is 0. The molecule has 0 saturated carbocycles. The Morgan fingerprint density at radius 2 is 2.36 bits per heavy atom. The zero-order chi connectivity index (χ0) is 8.10. The van der Waals surface area contributed by atoms with Gasteiger partial charge in [-0.15, -0.1) is 0 Å². The fraction of sp³-hybridized carbons (Fsp3) is 1.00. The molecule has 1 aliphatic heterocycles. The maximum atomic E-state index is 3.73. The molecule has 0 radical (unpaired) electrons. The van der Waals surface area contributed by atoms with Gasteiger partial charge in [-0.2, -0.15) is 23.5 Å². The smallest absolute Gasteiger partial charge is 0.0272 e. The minimum absolute atomic E-state index is 0.800. The molecule has 11 heavy (non-hydrogen) atoms. The third kappa shape index (κ3) is 3.60. The van der Waals surface area contributed by atoms with Crippen molar-refractivity contribution < 1.29 is 0 Å². The number of hydrogen-bond acceptors (Lipinski definition) is 2. The summed E-state index contributed by atoms with van der Waals surface area (Å²) in [6, 6.07) is 0. The maximum Gasteiger partial charge on any atom is 0.0272 e. The number of alkyl halides is 1. The van der Waals surface area contributed by atoms with Crippen molar-refractivity contribution in [1.29, 1.82) is 0 Å². The Balaban J connectivity index is 2.05. The quantitative estimate of drug-likeness (QED) is 0.558. The molecule has 1 rings (SSSR count). The summed E-state index contributed by atoms with van der Waals surface area (Å²) in [6.45, 7) is 0. The molecule has 1 saturated heterocycles. The van der Waals surface area contributed by atoms with Crippen LogP contribution in [0.15, 0.2) is 0 Å². The van der Waals surface area contributed by atoms with E-state index in [-0.39, 0.29) is 0 Å². The molecule has 66 valence electrons. The van der Waals surface area contributed by atoms with Crippen molar-refractivity contribution in [3.8, 4) is 0 Å². The highest BCUT2D eigenvalue weighted by atomic mass is 79.9. The van der Waals surface area contributed by atoms with Gasteiger partial charge in [-0.1, -0.05) is 15.9 Å². The predicted molar refractivity (Wildman–Crippen MR) is 61.1 cm³/mol. The van der Waals surface area contributed by atoms with Crippen LogP contribution >= 0.6 is 39.5 Å². The van der Waals surface area contributed by atoms with Crippen LogP contribution in [0, 0.1) is 5.92 Å². The van der Waals surface area contributed by atoms with E-state index >= 15 is 0 Å². The predicted octanol–water partition coefficient (Wildman–Crippen LogP) is 3.26. The van der Waals surface area contributed by atoms with E-state index in [4.69, 9.17) is 0 Å². The normalized spacial score (nSPS) is 31.1. The van der Waals surface area contributed by atoms with Gasteiger partial charge in [-0.05, 0) is 36.5 Å². The Kier molecular flexibility index (Phi) is 5.38. The lowest BCUT2D eigenvalue weighted by molar-refractivity contribution is 0.557. The first-order chi connectivity index (χ1) is 5.34. The van der Waals surface area contributed by atoms with Gasteiger partial charge >= 0.3 is 0 Å². The molecular weight excluding hydrogens is 240 g/mol. The molecule has 0 nitrogen and oxygen atoms in total. The lowest BCUT2D eigenvalue weighted by Crippen LogP contribution is -2.11. The summed E-state index contributed by atoms with van der Waals surface area (Å²) in [4.78, 5) is 0.800. The second-order valence-electron chi connectivity index (χ2n) is 2.95. The van der Waals surface area contributed by atoms with Crippen molar-refractivity contribution in [2.75, 3.05) is 23.5 Å². The largest absolute Gasteiger partial charge is 0.165 e. The van der Waals surface area contributed by atoms with Crippen molar-refractivity contribution >= 4 is 39.5 Å². The molecular formula is C8H15BrS2. The van der Waals surface area contributed by atoms with E-state index in [0.29, 0.717) is 0 Å². The molecule has 0 N–H and O–H groups in total. The van der Waals surface area contributed by atoms with E-state index in [1.807, 2.05) is 11.8 Å². The van der Waals surface area contributed by atoms with Crippen molar-refractivity contribution in [2.45, 2.75) is 17.7 Å². The Morgan fingerprint density at radius 1 is 1.55 bits per heavy atom. The highest BCUT2D eigenvalue weighted by Crippen LogP contribution is 2.32. The minimum atomic E-state index is 0.800.